The van der Waals surface area contributed by atoms with Crippen LogP contribution in [0.15, 0.2) is 22.7 Å². The predicted molar refractivity (Wildman–Crippen MR) is 80.5 cm³/mol. The van der Waals surface area contributed by atoms with E-state index in [0.717, 1.165) is 48.7 Å². The zero-order valence-electron chi connectivity index (χ0n) is 11.3. The number of benzene rings is 1. The standard InChI is InChI=1S/C15H22BrNO2/c1-17-9-8-15(7-3-2-4-14(15)19)12-10-11(18)5-6-13(12)16/h5-6,10,14,17-19H,2-4,7-9H2,1H3. The van der Waals surface area contributed by atoms with Crippen molar-refractivity contribution in [3.8, 4) is 5.75 Å². The fourth-order valence-electron chi connectivity index (χ4n) is 3.20. The number of phenolic OH excluding ortho intramolecular Hbond substituents is 1. The highest BCUT2D eigenvalue weighted by atomic mass is 79.9. The second-order valence-electron chi connectivity index (χ2n) is 5.44. The molecule has 0 aromatic heterocycles. The maximum atomic E-state index is 10.6. The van der Waals surface area contributed by atoms with Gasteiger partial charge in [0.05, 0.1) is 6.10 Å². The van der Waals surface area contributed by atoms with Crippen LogP contribution in [0.25, 0.3) is 0 Å². The molecule has 0 bridgehead atoms. The van der Waals surface area contributed by atoms with Crippen LogP contribution in [0.1, 0.15) is 37.7 Å². The lowest BCUT2D eigenvalue weighted by molar-refractivity contribution is 0.0361. The van der Waals surface area contributed by atoms with Crippen molar-refractivity contribution in [3.63, 3.8) is 0 Å². The summed E-state index contributed by atoms with van der Waals surface area (Å²) in [5, 5.41) is 23.5. The summed E-state index contributed by atoms with van der Waals surface area (Å²) in [4.78, 5) is 0. The summed E-state index contributed by atoms with van der Waals surface area (Å²) in [7, 11) is 1.93. The van der Waals surface area contributed by atoms with Crippen molar-refractivity contribution in [2.24, 2.45) is 0 Å². The molecule has 0 amide bonds. The topological polar surface area (TPSA) is 52.5 Å². The van der Waals surface area contributed by atoms with Crippen molar-refractivity contribution < 1.29 is 10.2 Å². The Bertz CT molecular complexity index is 438. The summed E-state index contributed by atoms with van der Waals surface area (Å²) in [6, 6.07) is 5.34. The van der Waals surface area contributed by atoms with Crippen LogP contribution >= 0.6 is 15.9 Å². The molecule has 1 aromatic rings. The maximum absolute atomic E-state index is 10.6. The molecule has 1 aliphatic carbocycles. The number of aliphatic hydroxyl groups is 1. The third-order valence-electron chi connectivity index (χ3n) is 4.30. The summed E-state index contributed by atoms with van der Waals surface area (Å²) in [6.07, 6.45) is 4.56. The average molecular weight is 328 g/mol. The Kier molecular flexibility index (Phi) is 4.87. The first-order chi connectivity index (χ1) is 9.10. The highest BCUT2D eigenvalue weighted by molar-refractivity contribution is 9.10. The van der Waals surface area contributed by atoms with E-state index < -0.39 is 0 Å². The molecule has 1 fully saturated rings. The van der Waals surface area contributed by atoms with Gasteiger partial charge in [0.25, 0.3) is 0 Å². The lowest BCUT2D eigenvalue weighted by Crippen LogP contribution is -2.44. The smallest absolute Gasteiger partial charge is 0.115 e. The van der Waals surface area contributed by atoms with E-state index in [1.54, 1.807) is 12.1 Å². The van der Waals surface area contributed by atoms with E-state index in [0.29, 0.717) is 0 Å². The van der Waals surface area contributed by atoms with Crippen LogP contribution in [0, 0.1) is 0 Å². The monoisotopic (exact) mass is 327 g/mol. The van der Waals surface area contributed by atoms with Gasteiger partial charge in [0.2, 0.25) is 0 Å². The number of nitrogens with one attached hydrogen (secondary N) is 1. The van der Waals surface area contributed by atoms with Crippen LogP contribution in [0.2, 0.25) is 0 Å². The van der Waals surface area contributed by atoms with Crippen LogP contribution in [0.4, 0.5) is 0 Å². The molecular weight excluding hydrogens is 306 g/mol. The third kappa shape index (κ3) is 2.96. The van der Waals surface area contributed by atoms with Crippen LogP contribution in [-0.4, -0.2) is 29.9 Å². The van der Waals surface area contributed by atoms with E-state index in [1.165, 1.54) is 0 Å². The number of rotatable bonds is 4. The normalized spacial score (nSPS) is 27.4. The van der Waals surface area contributed by atoms with Gasteiger partial charge >= 0.3 is 0 Å². The molecule has 19 heavy (non-hydrogen) atoms. The molecule has 1 aromatic carbocycles. The van der Waals surface area contributed by atoms with Gasteiger partial charge in [-0.2, -0.15) is 0 Å². The molecule has 4 heteroatoms. The largest absolute Gasteiger partial charge is 0.508 e. The van der Waals surface area contributed by atoms with Gasteiger partial charge < -0.3 is 15.5 Å². The molecule has 1 aliphatic rings. The summed E-state index contributed by atoms with van der Waals surface area (Å²) in [6.45, 7) is 0.860. The maximum Gasteiger partial charge on any atom is 0.115 e. The average Bonchev–Trinajstić information content (AvgIpc) is 2.41. The summed E-state index contributed by atoms with van der Waals surface area (Å²) >= 11 is 3.58. The molecular formula is C15H22BrNO2. The van der Waals surface area contributed by atoms with Crippen LogP contribution in [0.5, 0.6) is 5.75 Å². The minimum atomic E-state index is -0.340. The first-order valence-corrected chi connectivity index (χ1v) is 7.71. The molecule has 2 rings (SSSR count). The summed E-state index contributed by atoms with van der Waals surface area (Å²) < 4.78 is 0.974. The Labute approximate surface area is 123 Å². The van der Waals surface area contributed by atoms with Gasteiger partial charge in [-0.3, -0.25) is 0 Å². The molecule has 3 N–H and O–H groups in total. The van der Waals surface area contributed by atoms with Crippen LogP contribution in [-0.2, 0) is 5.41 Å². The van der Waals surface area contributed by atoms with Crippen LogP contribution < -0.4 is 5.32 Å². The van der Waals surface area contributed by atoms with E-state index in [1.807, 2.05) is 13.1 Å². The molecule has 0 spiro atoms. The highest BCUT2D eigenvalue weighted by Crippen LogP contribution is 2.45. The zero-order valence-corrected chi connectivity index (χ0v) is 12.9. The van der Waals surface area contributed by atoms with Crippen molar-refractivity contribution in [2.75, 3.05) is 13.6 Å². The van der Waals surface area contributed by atoms with Gasteiger partial charge in [0.15, 0.2) is 0 Å². The van der Waals surface area contributed by atoms with Gasteiger partial charge in [0.1, 0.15) is 5.75 Å². The molecule has 106 valence electrons. The van der Waals surface area contributed by atoms with Gasteiger partial charge in [-0.1, -0.05) is 28.8 Å². The van der Waals surface area contributed by atoms with Crippen molar-refractivity contribution in [1.82, 2.24) is 5.32 Å². The van der Waals surface area contributed by atoms with Crippen molar-refractivity contribution in [3.05, 3.63) is 28.2 Å². The Balaban J connectivity index is 2.43. The quantitative estimate of drug-likeness (QED) is 0.797. The first-order valence-electron chi connectivity index (χ1n) is 6.92. The number of aliphatic hydroxyl groups excluding tert-OH is 1. The van der Waals surface area contributed by atoms with E-state index in [4.69, 9.17) is 0 Å². The van der Waals surface area contributed by atoms with Crippen molar-refractivity contribution in [1.29, 1.82) is 0 Å². The number of phenols is 1. The predicted octanol–water partition coefficient (Wildman–Crippen LogP) is 2.94. The minimum Gasteiger partial charge on any atom is -0.508 e. The Morgan fingerprint density at radius 3 is 2.89 bits per heavy atom. The fourth-order valence-corrected chi connectivity index (χ4v) is 3.85. The summed E-state index contributed by atoms with van der Waals surface area (Å²) in [5.41, 5.74) is 0.786. The van der Waals surface area contributed by atoms with Crippen molar-refractivity contribution >= 4 is 15.9 Å². The lowest BCUT2D eigenvalue weighted by Gasteiger charge is -2.43. The number of hydrogen-bond acceptors (Lipinski definition) is 3. The Morgan fingerprint density at radius 2 is 2.21 bits per heavy atom. The Hall–Kier alpha value is -0.580. The van der Waals surface area contributed by atoms with Gasteiger partial charge in [-0.15, -0.1) is 0 Å². The molecule has 2 unspecified atom stereocenters. The molecule has 1 saturated carbocycles. The molecule has 3 nitrogen and oxygen atoms in total. The SMILES string of the molecule is CNCCC1(c2cc(O)ccc2Br)CCCCC1O. The van der Waals surface area contributed by atoms with E-state index >= 15 is 0 Å². The van der Waals surface area contributed by atoms with Crippen LogP contribution in [0.3, 0.4) is 0 Å². The molecule has 0 aliphatic heterocycles. The number of halogens is 1. The zero-order chi connectivity index (χ0) is 13.9. The second kappa shape index (κ2) is 6.25. The lowest BCUT2D eigenvalue weighted by atomic mass is 9.65. The number of aromatic hydroxyl groups is 1. The minimum absolute atomic E-state index is 0.251. The van der Waals surface area contributed by atoms with E-state index in [-0.39, 0.29) is 17.3 Å². The second-order valence-corrected chi connectivity index (χ2v) is 6.29. The highest BCUT2D eigenvalue weighted by Gasteiger charge is 2.42. The number of hydrogen-bond donors (Lipinski definition) is 3. The van der Waals surface area contributed by atoms with E-state index in [9.17, 15) is 10.2 Å². The van der Waals surface area contributed by atoms with E-state index in [2.05, 4.69) is 21.2 Å². The third-order valence-corrected chi connectivity index (χ3v) is 4.99. The molecule has 0 heterocycles. The first kappa shape index (κ1) is 14.8. The Morgan fingerprint density at radius 1 is 1.42 bits per heavy atom. The van der Waals surface area contributed by atoms with Gasteiger partial charge in [-0.05, 0) is 56.6 Å². The molecule has 2 atom stereocenters. The van der Waals surface area contributed by atoms with Crippen molar-refractivity contribution in [2.45, 2.75) is 43.6 Å². The summed E-state index contributed by atoms with van der Waals surface area (Å²) in [5.74, 6) is 0.264. The molecule has 0 radical (unpaired) electrons. The molecule has 0 saturated heterocycles. The van der Waals surface area contributed by atoms with Gasteiger partial charge in [-0.25, -0.2) is 0 Å². The van der Waals surface area contributed by atoms with Gasteiger partial charge in [0, 0.05) is 9.89 Å². The fraction of sp³-hybridized carbons (Fsp3) is 0.600.